The largest absolute Gasteiger partial charge is 0.497 e. The van der Waals surface area contributed by atoms with Gasteiger partial charge in [0.25, 0.3) is 0 Å². The number of carbonyl (C=O) groups is 1. The normalized spacial score (nSPS) is 10.4. The molecule has 0 bridgehead atoms. The first-order valence-electron chi connectivity index (χ1n) is 10.0. The zero-order chi connectivity index (χ0) is 22.2. The van der Waals surface area contributed by atoms with Crippen LogP contribution in [0.3, 0.4) is 0 Å². The smallest absolute Gasteiger partial charge is 0.306 e. The molecule has 0 fully saturated rings. The van der Waals surface area contributed by atoms with E-state index < -0.39 is 0 Å². The van der Waals surface area contributed by atoms with Crippen LogP contribution in [0.25, 0.3) is 22.4 Å². The number of esters is 1. The third-order valence-electron chi connectivity index (χ3n) is 4.70. The van der Waals surface area contributed by atoms with Crippen LogP contribution in [-0.2, 0) is 9.53 Å². The van der Waals surface area contributed by atoms with Gasteiger partial charge in [0.1, 0.15) is 16.8 Å². The first-order chi connectivity index (χ1) is 15.0. The van der Waals surface area contributed by atoms with Gasteiger partial charge in [-0.1, -0.05) is 42.0 Å². The van der Waals surface area contributed by atoms with Crippen LogP contribution in [0.4, 0.5) is 0 Å². The van der Waals surface area contributed by atoms with E-state index in [1.165, 1.54) is 11.8 Å². The maximum Gasteiger partial charge on any atom is 0.306 e. The van der Waals surface area contributed by atoms with Gasteiger partial charge < -0.3 is 9.47 Å². The highest BCUT2D eigenvalue weighted by Crippen LogP contribution is 2.35. The molecule has 0 N–H and O–H groups in total. The number of hydrogen-bond acceptors (Lipinski definition) is 6. The van der Waals surface area contributed by atoms with Crippen molar-refractivity contribution in [1.29, 1.82) is 5.26 Å². The highest BCUT2D eigenvalue weighted by Gasteiger charge is 2.16. The summed E-state index contributed by atoms with van der Waals surface area (Å²) in [5, 5.41) is 10.5. The molecule has 0 aliphatic carbocycles. The lowest BCUT2D eigenvalue weighted by Gasteiger charge is -2.13. The fourth-order valence-electron chi connectivity index (χ4n) is 3.07. The van der Waals surface area contributed by atoms with Crippen LogP contribution in [0.15, 0.2) is 59.6 Å². The summed E-state index contributed by atoms with van der Waals surface area (Å²) in [6, 6.07) is 20.0. The van der Waals surface area contributed by atoms with Gasteiger partial charge >= 0.3 is 5.97 Å². The van der Waals surface area contributed by atoms with E-state index in [0.29, 0.717) is 22.9 Å². The Morgan fingerprint density at radius 1 is 1.10 bits per heavy atom. The average Bonchev–Trinajstić information content (AvgIpc) is 2.79. The summed E-state index contributed by atoms with van der Waals surface area (Å²) in [5.41, 5.74) is 5.11. The van der Waals surface area contributed by atoms with Crippen LogP contribution in [0.2, 0.25) is 0 Å². The van der Waals surface area contributed by atoms with Crippen molar-refractivity contribution in [2.24, 2.45) is 0 Å². The topological polar surface area (TPSA) is 72.2 Å². The highest BCUT2D eigenvalue weighted by molar-refractivity contribution is 7.99. The number of pyridine rings is 1. The van der Waals surface area contributed by atoms with Crippen molar-refractivity contribution in [3.63, 3.8) is 0 Å². The molecule has 3 aromatic rings. The van der Waals surface area contributed by atoms with Crippen molar-refractivity contribution < 1.29 is 14.3 Å². The summed E-state index contributed by atoms with van der Waals surface area (Å²) in [6.07, 6.45) is 0.262. The van der Waals surface area contributed by atoms with E-state index in [-0.39, 0.29) is 12.4 Å². The molecule has 0 spiro atoms. The van der Waals surface area contributed by atoms with Crippen molar-refractivity contribution in [3.8, 4) is 34.2 Å². The number of hydrogen-bond donors (Lipinski definition) is 0. The lowest BCUT2D eigenvalue weighted by Crippen LogP contribution is -2.05. The van der Waals surface area contributed by atoms with Crippen LogP contribution in [0.1, 0.15) is 24.5 Å². The summed E-state index contributed by atoms with van der Waals surface area (Å²) in [6.45, 7) is 4.18. The summed E-state index contributed by atoms with van der Waals surface area (Å²) < 4.78 is 10.3. The van der Waals surface area contributed by atoms with Crippen LogP contribution in [0.5, 0.6) is 5.75 Å². The fourth-order valence-corrected chi connectivity index (χ4v) is 3.99. The van der Waals surface area contributed by atoms with Crippen LogP contribution in [-0.4, -0.2) is 30.4 Å². The van der Waals surface area contributed by atoms with Crippen molar-refractivity contribution >= 4 is 17.7 Å². The van der Waals surface area contributed by atoms with Crippen LogP contribution in [0, 0.1) is 18.3 Å². The SMILES string of the molecule is CCOC(=O)CCSc1nc(-c2ccc(C)cc2)cc(-c2ccc(OC)cc2)c1C#N. The number of methoxy groups -OCH3 is 1. The maximum atomic E-state index is 11.7. The fraction of sp³-hybridized carbons (Fsp3) is 0.240. The molecule has 0 unspecified atom stereocenters. The van der Waals surface area contributed by atoms with Crippen molar-refractivity contribution in [3.05, 3.63) is 65.7 Å². The van der Waals surface area contributed by atoms with Gasteiger partial charge in [-0.3, -0.25) is 4.79 Å². The minimum atomic E-state index is -0.251. The number of aryl methyl sites for hydroxylation is 1. The maximum absolute atomic E-state index is 11.7. The quantitative estimate of drug-likeness (QED) is 0.338. The zero-order valence-corrected chi connectivity index (χ0v) is 18.7. The van der Waals surface area contributed by atoms with Crippen LogP contribution < -0.4 is 4.74 Å². The van der Waals surface area contributed by atoms with E-state index in [9.17, 15) is 10.1 Å². The summed E-state index contributed by atoms with van der Waals surface area (Å²) in [4.78, 5) is 16.5. The Kier molecular flexibility index (Phi) is 7.69. The van der Waals surface area contributed by atoms with Gasteiger partial charge in [-0.15, -0.1) is 11.8 Å². The van der Waals surface area contributed by atoms with Gasteiger partial charge in [-0.05, 0) is 37.6 Å². The molecule has 5 nitrogen and oxygen atoms in total. The lowest BCUT2D eigenvalue weighted by atomic mass is 9.99. The standard InChI is InChI=1S/C25H24N2O3S/c1-4-30-24(28)13-14-31-25-22(16-26)21(18-9-11-20(29-3)12-10-18)15-23(27-25)19-7-5-17(2)6-8-19/h5-12,15H,4,13-14H2,1-3H3. The molecule has 0 aliphatic rings. The molecule has 6 heteroatoms. The van der Waals surface area contributed by atoms with Crippen LogP contribution >= 0.6 is 11.8 Å². The average molecular weight is 433 g/mol. The summed E-state index contributed by atoms with van der Waals surface area (Å²) in [7, 11) is 1.62. The van der Waals surface area contributed by atoms with E-state index in [4.69, 9.17) is 14.5 Å². The second-order valence-corrected chi connectivity index (χ2v) is 7.93. The number of aromatic nitrogens is 1. The Bertz CT molecular complexity index is 1090. The van der Waals surface area contributed by atoms with Gasteiger partial charge in [-0.2, -0.15) is 5.26 Å². The van der Waals surface area contributed by atoms with E-state index in [0.717, 1.165) is 33.7 Å². The first kappa shape index (κ1) is 22.4. The van der Waals surface area contributed by atoms with Gasteiger partial charge in [0.2, 0.25) is 0 Å². The molecule has 1 aromatic heterocycles. The molecule has 0 amide bonds. The summed E-state index contributed by atoms with van der Waals surface area (Å²) in [5.74, 6) is 0.984. The minimum absolute atomic E-state index is 0.251. The predicted molar refractivity (Wildman–Crippen MR) is 123 cm³/mol. The number of rotatable bonds is 8. The molecule has 1 heterocycles. The van der Waals surface area contributed by atoms with Crippen molar-refractivity contribution in [2.45, 2.75) is 25.3 Å². The van der Waals surface area contributed by atoms with E-state index in [1.807, 2.05) is 61.5 Å². The molecule has 2 aromatic carbocycles. The monoisotopic (exact) mass is 432 g/mol. The second kappa shape index (κ2) is 10.6. The lowest BCUT2D eigenvalue weighted by molar-refractivity contribution is -0.142. The molecule has 0 aliphatic heterocycles. The van der Waals surface area contributed by atoms with E-state index >= 15 is 0 Å². The molecule has 0 radical (unpaired) electrons. The molecule has 0 saturated carbocycles. The zero-order valence-electron chi connectivity index (χ0n) is 17.8. The molecule has 0 atom stereocenters. The second-order valence-electron chi connectivity index (χ2n) is 6.85. The Balaban J connectivity index is 2.04. The van der Waals surface area contributed by atoms with Gasteiger partial charge in [0, 0.05) is 16.9 Å². The van der Waals surface area contributed by atoms with Crippen molar-refractivity contribution in [2.75, 3.05) is 19.5 Å². The van der Waals surface area contributed by atoms with Gasteiger partial charge in [-0.25, -0.2) is 4.98 Å². The number of nitrogens with zero attached hydrogens (tertiary/aromatic N) is 2. The number of nitriles is 1. The minimum Gasteiger partial charge on any atom is -0.497 e. The molecule has 158 valence electrons. The molecule has 0 saturated heterocycles. The molecular weight excluding hydrogens is 408 g/mol. The summed E-state index contributed by atoms with van der Waals surface area (Å²) >= 11 is 1.40. The van der Waals surface area contributed by atoms with E-state index in [2.05, 4.69) is 6.07 Å². The third kappa shape index (κ3) is 5.65. The Morgan fingerprint density at radius 3 is 2.39 bits per heavy atom. The molecular formula is C25H24N2O3S. The van der Waals surface area contributed by atoms with Gasteiger partial charge in [0.05, 0.1) is 31.4 Å². The van der Waals surface area contributed by atoms with Gasteiger partial charge in [0.15, 0.2) is 0 Å². The first-order valence-corrected chi connectivity index (χ1v) is 11.0. The Morgan fingerprint density at radius 2 is 1.77 bits per heavy atom. The molecule has 31 heavy (non-hydrogen) atoms. The Labute approximate surface area is 187 Å². The molecule has 3 rings (SSSR count). The third-order valence-corrected chi connectivity index (χ3v) is 5.67. The Hall–Kier alpha value is -3.30. The highest BCUT2D eigenvalue weighted by atomic mass is 32.2. The number of benzene rings is 2. The number of carbonyl (C=O) groups excluding carboxylic acids is 1. The van der Waals surface area contributed by atoms with Crippen molar-refractivity contribution in [1.82, 2.24) is 4.98 Å². The predicted octanol–water partition coefficient (Wildman–Crippen LogP) is 5.65. The number of thioether (sulfide) groups is 1. The number of ether oxygens (including phenoxy) is 2. The van der Waals surface area contributed by atoms with E-state index in [1.54, 1.807) is 14.0 Å².